The van der Waals surface area contributed by atoms with Gasteiger partial charge in [-0.25, -0.2) is 4.90 Å². The van der Waals surface area contributed by atoms with E-state index in [0.717, 1.165) is 33.4 Å². The Kier molecular flexibility index (Phi) is 5.70. The topological polar surface area (TPSA) is 40.6 Å². The smallest absolute Gasteiger partial charge is 0.282 e. The van der Waals surface area contributed by atoms with Crippen molar-refractivity contribution < 1.29 is 9.59 Å². The van der Waals surface area contributed by atoms with E-state index in [-0.39, 0.29) is 11.8 Å². The Morgan fingerprint density at radius 3 is 2.19 bits per heavy atom. The molecule has 162 valence electrons. The molecule has 0 fully saturated rings. The summed E-state index contributed by atoms with van der Waals surface area (Å²) in [6.07, 6.45) is 0. The van der Waals surface area contributed by atoms with Gasteiger partial charge >= 0.3 is 0 Å². The van der Waals surface area contributed by atoms with Gasteiger partial charge in [0.25, 0.3) is 11.8 Å². The normalized spacial score (nSPS) is 13.8. The number of carbonyl (C=O) groups is 2. The summed E-state index contributed by atoms with van der Waals surface area (Å²) in [6.45, 7) is 8.49. The van der Waals surface area contributed by atoms with Gasteiger partial charge in [-0.1, -0.05) is 66.2 Å². The van der Waals surface area contributed by atoms with Crippen molar-refractivity contribution in [3.63, 3.8) is 0 Å². The van der Waals surface area contributed by atoms with Crippen LogP contribution in [0.5, 0.6) is 0 Å². The van der Waals surface area contributed by atoms with Gasteiger partial charge in [-0.3, -0.25) is 9.59 Å². The number of aryl methyl sites for hydroxylation is 3. The van der Waals surface area contributed by atoms with Crippen LogP contribution in [0.25, 0.3) is 5.57 Å². The van der Waals surface area contributed by atoms with Crippen LogP contribution in [0.1, 0.15) is 33.4 Å². The molecule has 0 unspecified atom stereocenters. The zero-order valence-corrected chi connectivity index (χ0v) is 19.3. The number of rotatable bonds is 5. The average Bonchev–Trinajstić information content (AvgIpc) is 3.01. The van der Waals surface area contributed by atoms with E-state index in [1.165, 1.54) is 4.90 Å². The predicted octanol–water partition coefficient (Wildman–Crippen LogP) is 5.34. The van der Waals surface area contributed by atoms with Gasteiger partial charge in [0.15, 0.2) is 0 Å². The molecule has 4 nitrogen and oxygen atoms in total. The molecular weight excluding hydrogens is 396 g/mol. The van der Waals surface area contributed by atoms with Crippen LogP contribution in [-0.4, -0.2) is 23.8 Å². The number of likely N-dealkylation sites (N-methyl/N-ethyl adjacent to an activating group) is 1. The van der Waals surface area contributed by atoms with Crippen LogP contribution >= 0.6 is 0 Å². The number of carbonyl (C=O) groups excluding carboxylic acids is 2. The first-order chi connectivity index (χ1) is 15.3. The van der Waals surface area contributed by atoms with Crippen molar-refractivity contribution in [1.82, 2.24) is 4.90 Å². The van der Waals surface area contributed by atoms with E-state index in [4.69, 9.17) is 0 Å². The van der Waals surface area contributed by atoms with E-state index < -0.39 is 0 Å². The van der Waals surface area contributed by atoms with Crippen molar-refractivity contribution in [2.45, 2.75) is 34.2 Å². The number of hydrogen-bond acceptors (Lipinski definition) is 3. The van der Waals surface area contributed by atoms with Gasteiger partial charge in [-0.15, -0.1) is 0 Å². The molecule has 0 aliphatic carbocycles. The molecule has 0 aromatic heterocycles. The predicted molar refractivity (Wildman–Crippen MR) is 129 cm³/mol. The minimum absolute atomic E-state index is 0.273. The summed E-state index contributed by atoms with van der Waals surface area (Å²) in [5.41, 5.74) is 7.50. The third-order valence-corrected chi connectivity index (χ3v) is 6.17. The summed E-state index contributed by atoms with van der Waals surface area (Å²) in [5.74, 6) is -0.553. The molecule has 3 aromatic rings. The van der Waals surface area contributed by atoms with E-state index in [1.54, 1.807) is 0 Å². The third-order valence-electron chi connectivity index (χ3n) is 6.17. The van der Waals surface area contributed by atoms with E-state index in [2.05, 4.69) is 6.07 Å². The molecule has 4 heteroatoms. The Morgan fingerprint density at radius 2 is 1.50 bits per heavy atom. The molecule has 0 spiro atoms. The second kappa shape index (κ2) is 8.46. The number of hydrogen-bond donors (Lipinski definition) is 0. The van der Waals surface area contributed by atoms with Crippen LogP contribution in [0.2, 0.25) is 0 Å². The SMILES string of the molecule is Cc1ccc(C2=C(N(C)Cc3ccccc3)C(=O)N(c3cccc(C)c3C)C2=O)c(C)c1. The number of benzene rings is 3. The molecule has 32 heavy (non-hydrogen) atoms. The summed E-state index contributed by atoms with van der Waals surface area (Å²) in [6, 6.07) is 21.7. The molecule has 0 saturated heterocycles. The maximum Gasteiger partial charge on any atom is 0.282 e. The highest BCUT2D eigenvalue weighted by Gasteiger charge is 2.42. The molecule has 0 bridgehead atoms. The maximum atomic E-state index is 13.8. The van der Waals surface area contributed by atoms with Gasteiger partial charge in [-0.2, -0.15) is 0 Å². The summed E-state index contributed by atoms with van der Waals surface area (Å²) in [7, 11) is 1.88. The van der Waals surface area contributed by atoms with Gasteiger partial charge in [-0.05, 0) is 61.6 Å². The lowest BCUT2D eigenvalue weighted by atomic mass is 9.97. The molecule has 1 heterocycles. The fraction of sp³-hybridized carbons (Fsp3) is 0.214. The fourth-order valence-corrected chi connectivity index (χ4v) is 4.34. The largest absolute Gasteiger partial charge is 0.365 e. The van der Waals surface area contributed by atoms with E-state index in [0.29, 0.717) is 23.5 Å². The summed E-state index contributed by atoms with van der Waals surface area (Å²) >= 11 is 0. The molecule has 0 saturated carbocycles. The Balaban J connectivity index is 1.87. The zero-order chi connectivity index (χ0) is 23.0. The van der Waals surface area contributed by atoms with Crippen molar-refractivity contribution in [2.24, 2.45) is 0 Å². The highest BCUT2D eigenvalue weighted by Crippen LogP contribution is 2.37. The van der Waals surface area contributed by atoms with Gasteiger partial charge in [0.05, 0.1) is 11.3 Å². The number of anilines is 1. The third kappa shape index (κ3) is 3.73. The number of nitrogens with zero attached hydrogens (tertiary/aromatic N) is 2. The van der Waals surface area contributed by atoms with Gasteiger partial charge < -0.3 is 4.90 Å². The summed E-state index contributed by atoms with van der Waals surface area (Å²) in [5, 5.41) is 0. The van der Waals surface area contributed by atoms with Crippen LogP contribution in [0, 0.1) is 27.7 Å². The quantitative estimate of drug-likeness (QED) is 0.519. The van der Waals surface area contributed by atoms with Gasteiger partial charge in [0.2, 0.25) is 0 Å². The Hall–Kier alpha value is -3.66. The summed E-state index contributed by atoms with van der Waals surface area (Å²) in [4.78, 5) is 30.8. The van der Waals surface area contributed by atoms with Crippen LogP contribution < -0.4 is 4.90 Å². The zero-order valence-electron chi connectivity index (χ0n) is 19.3. The van der Waals surface area contributed by atoms with Crippen LogP contribution in [-0.2, 0) is 16.1 Å². The molecule has 2 amide bonds. The number of amides is 2. The molecular formula is C28H28N2O2. The molecule has 4 rings (SSSR count). The van der Waals surface area contributed by atoms with Gasteiger partial charge in [0, 0.05) is 13.6 Å². The molecule has 0 N–H and O–H groups in total. The molecule has 1 aliphatic heterocycles. The minimum atomic E-state index is -0.280. The minimum Gasteiger partial charge on any atom is -0.365 e. The van der Waals surface area contributed by atoms with Crippen molar-refractivity contribution in [3.8, 4) is 0 Å². The highest BCUT2D eigenvalue weighted by molar-refractivity contribution is 6.45. The standard InChI is InChI=1S/C28H28N2O2/c1-18-14-15-23(20(3)16-18)25-26(29(5)17-22-11-7-6-8-12-22)28(32)30(27(25)31)24-13-9-10-19(2)21(24)4/h6-16H,17H2,1-5H3. The monoisotopic (exact) mass is 424 g/mol. The average molecular weight is 425 g/mol. The van der Waals surface area contributed by atoms with E-state index in [9.17, 15) is 9.59 Å². The highest BCUT2D eigenvalue weighted by atomic mass is 16.2. The molecule has 0 radical (unpaired) electrons. The second-order valence-corrected chi connectivity index (χ2v) is 8.55. The Labute approximate surface area is 189 Å². The van der Waals surface area contributed by atoms with Crippen LogP contribution in [0.3, 0.4) is 0 Å². The molecule has 1 aliphatic rings. The van der Waals surface area contributed by atoms with E-state index in [1.807, 2.05) is 100 Å². The van der Waals surface area contributed by atoms with Crippen molar-refractivity contribution in [2.75, 3.05) is 11.9 Å². The lowest BCUT2D eigenvalue weighted by Crippen LogP contribution is -2.34. The molecule has 3 aromatic carbocycles. The number of imide groups is 1. The Bertz CT molecular complexity index is 1240. The van der Waals surface area contributed by atoms with Crippen LogP contribution in [0.4, 0.5) is 5.69 Å². The van der Waals surface area contributed by atoms with E-state index >= 15 is 0 Å². The van der Waals surface area contributed by atoms with Crippen molar-refractivity contribution in [3.05, 3.63) is 106 Å². The second-order valence-electron chi connectivity index (χ2n) is 8.55. The van der Waals surface area contributed by atoms with Crippen molar-refractivity contribution in [1.29, 1.82) is 0 Å². The maximum absolute atomic E-state index is 13.8. The summed E-state index contributed by atoms with van der Waals surface area (Å²) < 4.78 is 0. The first kappa shape index (κ1) is 21.6. The first-order valence-corrected chi connectivity index (χ1v) is 10.8. The Morgan fingerprint density at radius 1 is 0.781 bits per heavy atom. The lowest BCUT2D eigenvalue weighted by Gasteiger charge is -2.22. The first-order valence-electron chi connectivity index (χ1n) is 10.8. The van der Waals surface area contributed by atoms with Crippen molar-refractivity contribution >= 4 is 23.1 Å². The molecule has 0 atom stereocenters. The van der Waals surface area contributed by atoms with Gasteiger partial charge in [0.1, 0.15) is 5.70 Å². The fourth-order valence-electron chi connectivity index (χ4n) is 4.34. The van der Waals surface area contributed by atoms with Crippen LogP contribution in [0.15, 0.2) is 72.4 Å². The lowest BCUT2D eigenvalue weighted by molar-refractivity contribution is -0.120.